The summed E-state index contributed by atoms with van der Waals surface area (Å²) in [6, 6.07) is 10.8. The quantitative estimate of drug-likeness (QED) is 0.801. The van der Waals surface area contributed by atoms with Crippen molar-refractivity contribution in [2.75, 3.05) is 18.5 Å². The van der Waals surface area contributed by atoms with Crippen molar-refractivity contribution < 1.29 is 23.5 Å². The van der Waals surface area contributed by atoms with Crippen molar-refractivity contribution in [3.63, 3.8) is 0 Å². The molecule has 0 unspecified atom stereocenters. The third kappa shape index (κ3) is 4.50. The normalized spacial score (nSPS) is 16.6. The third-order valence-corrected chi connectivity index (χ3v) is 4.16. The fourth-order valence-corrected chi connectivity index (χ4v) is 2.76. The molecule has 1 aromatic carbocycles. The Hall–Kier alpha value is -3.09. The molecule has 1 N–H and O–H groups in total. The largest absolute Gasteiger partial charge is 0.467 e. The highest BCUT2D eigenvalue weighted by molar-refractivity contribution is 5.93. The maximum atomic E-state index is 12.1. The molecule has 2 amide bonds. The van der Waals surface area contributed by atoms with Gasteiger partial charge in [-0.25, -0.2) is 0 Å². The van der Waals surface area contributed by atoms with Crippen molar-refractivity contribution in [3.8, 4) is 0 Å². The number of esters is 1. The van der Waals surface area contributed by atoms with Gasteiger partial charge in [0, 0.05) is 18.7 Å². The van der Waals surface area contributed by atoms with Crippen molar-refractivity contribution in [3.05, 3.63) is 54.0 Å². The molecule has 2 heterocycles. The number of likely N-dealkylation sites (tertiary alicyclic amines) is 1. The van der Waals surface area contributed by atoms with Crippen LogP contribution in [-0.4, -0.2) is 35.8 Å². The monoisotopic (exact) mass is 356 g/mol. The minimum Gasteiger partial charge on any atom is -0.467 e. The Morgan fingerprint density at radius 1 is 1.27 bits per heavy atom. The summed E-state index contributed by atoms with van der Waals surface area (Å²) in [4.78, 5) is 37.6. The van der Waals surface area contributed by atoms with Gasteiger partial charge in [0.25, 0.3) is 5.91 Å². The SMILES string of the molecule is Cc1ccc(NC(=O)COC(=O)[C@@H]2CC(=O)N(Cc3ccco3)C2)cc1. The number of aryl methyl sites for hydroxylation is 1. The Balaban J connectivity index is 1.45. The highest BCUT2D eigenvalue weighted by Gasteiger charge is 2.35. The highest BCUT2D eigenvalue weighted by Crippen LogP contribution is 2.21. The topological polar surface area (TPSA) is 88.8 Å². The molecule has 26 heavy (non-hydrogen) atoms. The van der Waals surface area contributed by atoms with Crippen molar-refractivity contribution in [2.24, 2.45) is 5.92 Å². The van der Waals surface area contributed by atoms with Crippen molar-refractivity contribution >= 4 is 23.5 Å². The number of nitrogens with one attached hydrogen (secondary N) is 1. The molecule has 7 nitrogen and oxygen atoms in total. The van der Waals surface area contributed by atoms with Crippen LogP contribution in [0.1, 0.15) is 17.7 Å². The Morgan fingerprint density at radius 2 is 2.04 bits per heavy atom. The van der Waals surface area contributed by atoms with Crippen LogP contribution in [0.5, 0.6) is 0 Å². The van der Waals surface area contributed by atoms with Crippen LogP contribution in [0.15, 0.2) is 47.1 Å². The molecule has 1 aliphatic heterocycles. The maximum absolute atomic E-state index is 12.1. The molecule has 3 rings (SSSR count). The van der Waals surface area contributed by atoms with Gasteiger partial charge < -0.3 is 19.4 Å². The molecule has 1 aliphatic rings. The van der Waals surface area contributed by atoms with Crippen molar-refractivity contribution in [1.29, 1.82) is 0 Å². The first-order valence-electron chi connectivity index (χ1n) is 8.34. The molecule has 7 heteroatoms. The van der Waals surface area contributed by atoms with E-state index in [1.165, 1.54) is 6.26 Å². The number of furan rings is 1. The molecule has 136 valence electrons. The lowest BCUT2D eigenvalue weighted by molar-refractivity contribution is -0.151. The van der Waals surface area contributed by atoms with E-state index in [4.69, 9.17) is 9.15 Å². The van der Waals surface area contributed by atoms with E-state index in [9.17, 15) is 14.4 Å². The Morgan fingerprint density at radius 3 is 2.73 bits per heavy atom. The number of ether oxygens (including phenoxy) is 1. The highest BCUT2D eigenvalue weighted by atomic mass is 16.5. The molecule has 1 saturated heterocycles. The first-order chi connectivity index (χ1) is 12.5. The van der Waals surface area contributed by atoms with E-state index in [1.54, 1.807) is 29.2 Å². The molecule has 1 atom stereocenters. The van der Waals surface area contributed by atoms with E-state index < -0.39 is 17.8 Å². The lowest BCUT2D eigenvalue weighted by atomic mass is 10.1. The minimum absolute atomic E-state index is 0.0825. The first-order valence-corrected chi connectivity index (χ1v) is 8.34. The molecular formula is C19H20N2O5. The molecule has 0 radical (unpaired) electrons. The summed E-state index contributed by atoms with van der Waals surface area (Å²) < 4.78 is 10.3. The van der Waals surface area contributed by atoms with Gasteiger partial charge in [-0.2, -0.15) is 0 Å². The molecule has 1 fully saturated rings. The summed E-state index contributed by atoms with van der Waals surface area (Å²) in [5.74, 6) is -1.000. The summed E-state index contributed by atoms with van der Waals surface area (Å²) >= 11 is 0. The van der Waals surface area contributed by atoms with Gasteiger partial charge in [-0.05, 0) is 31.2 Å². The summed E-state index contributed by atoms with van der Waals surface area (Å²) in [6.07, 6.45) is 1.62. The second-order valence-corrected chi connectivity index (χ2v) is 6.28. The molecular weight excluding hydrogens is 336 g/mol. The number of carbonyl (C=O) groups excluding carboxylic acids is 3. The molecule has 0 saturated carbocycles. The number of carbonyl (C=O) groups is 3. The van der Waals surface area contributed by atoms with Crippen LogP contribution in [0.2, 0.25) is 0 Å². The first kappa shape index (κ1) is 17.7. The van der Waals surface area contributed by atoms with E-state index in [2.05, 4.69) is 5.32 Å². The summed E-state index contributed by atoms with van der Waals surface area (Å²) in [6.45, 7) is 2.16. The van der Waals surface area contributed by atoms with E-state index in [0.717, 1.165) is 5.56 Å². The van der Waals surface area contributed by atoms with Crippen LogP contribution in [0.25, 0.3) is 0 Å². The van der Waals surface area contributed by atoms with Gasteiger partial charge in [0.05, 0.1) is 18.7 Å². The standard InChI is InChI=1S/C19H20N2O5/c1-13-4-6-15(7-5-13)20-17(22)12-26-19(24)14-9-18(23)21(10-14)11-16-3-2-8-25-16/h2-8,14H,9-12H2,1H3,(H,20,22)/t14-/m1/s1. The van der Waals surface area contributed by atoms with Gasteiger partial charge in [-0.15, -0.1) is 0 Å². The van der Waals surface area contributed by atoms with Crippen LogP contribution in [-0.2, 0) is 25.7 Å². The van der Waals surface area contributed by atoms with Gasteiger partial charge in [0.1, 0.15) is 5.76 Å². The number of anilines is 1. The predicted octanol–water partition coefficient (Wildman–Crippen LogP) is 2.12. The number of amides is 2. The zero-order chi connectivity index (χ0) is 18.5. The lowest BCUT2D eigenvalue weighted by Gasteiger charge is -2.14. The van der Waals surface area contributed by atoms with Crippen molar-refractivity contribution in [2.45, 2.75) is 19.9 Å². The van der Waals surface area contributed by atoms with Crippen LogP contribution in [0.3, 0.4) is 0 Å². The Kier molecular flexibility index (Phi) is 5.36. The molecule has 1 aromatic heterocycles. The van der Waals surface area contributed by atoms with Crippen LogP contribution >= 0.6 is 0 Å². The van der Waals surface area contributed by atoms with E-state index in [-0.39, 0.29) is 25.5 Å². The predicted molar refractivity (Wildman–Crippen MR) is 93.0 cm³/mol. The average Bonchev–Trinajstić information content (AvgIpc) is 3.25. The lowest BCUT2D eigenvalue weighted by Crippen LogP contribution is -2.28. The van der Waals surface area contributed by atoms with E-state index in [1.807, 2.05) is 19.1 Å². The number of nitrogens with zero attached hydrogens (tertiary/aromatic N) is 1. The molecule has 0 bridgehead atoms. The van der Waals surface area contributed by atoms with Crippen molar-refractivity contribution in [1.82, 2.24) is 4.90 Å². The smallest absolute Gasteiger partial charge is 0.311 e. The van der Waals surface area contributed by atoms with Gasteiger partial charge in [-0.1, -0.05) is 17.7 Å². The van der Waals surface area contributed by atoms with Gasteiger partial charge in [-0.3, -0.25) is 14.4 Å². The average molecular weight is 356 g/mol. The Labute approximate surface area is 150 Å². The molecule has 2 aromatic rings. The number of hydrogen-bond donors (Lipinski definition) is 1. The minimum atomic E-state index is -0.565. The fraction of sp³-hybridized carbons (Fsp3) is 0.316. The molecule has 0 aliphatic carbocycles. The second kappa shape index (κ2) is 7.86. The molecule has 0 spiro atoms. The summed E-state index contributed by atoms with van der Waals surface area (Å²) in [5, 5.41) is 2.66. The van der Waals surface area contributed by atoms with E-state index >= 15 is 0 Å². The zero-order valence-corrected chi connectivity index (χ0v) is 14.4. The Bertz CT molecular complexity index is 783. The van der Waals surface area contributed by atoms with E-state index in [0.29, 0.717) is 18.0 Å². The van der Waals surface area contributed by atoms with Crippen LogP contribution < -0.4 is 5.32 Å². The van der Waals surface area contributed by atoms with Gasteiger partial charge in [0.2, 0.25) is 5.91 Å². The fourth-order valence-electron chi connectivity index (χ4n) is 2.76. The maximum Gasteiger partial charge on any atom is 0.311 e. The summed E-state index contributed by atoms with van der Waals surface area (Å²) in [7, 11) is 0. The number of hydrogen-bond acceptors (Lipinski definition) is 5. The summed E-state index contributed by atoms with van der Waals surface area (Å²) in [5.41, 5.74) is 1.72. The van der Waals surface area contributed by atoms with Crippen LogP contribution in [0, 0.1) is 12.8 Å². The second-order valence-electron chi connectivity index (χ2n) is 6.28. The third-order valence-electron chi connectivity index (χ3n) is 4.16. The zero-order valence-electron chi connectivity index (χ0n) is 14.4. The number of rotatable bonds is 6. The van der Waals surface area contributed by atoms with Gasteiger partial charge in [0.15, 0.2) is 6.61 Å². The number of benzene rings is 1. The van der Waals surface area contributed by atoms with Gasteiger partial charge >= 0.3 is 5.97 Å². The van der Waals surface area contributed by atoms with Crippen LogP contribution in [0.4, 0.5) is 5.69 Å².